The Morgan fingerprint density at radius 3 is 0.367 bits per heavy atom. The van der Waals surface area contributed by atoms with Gasteiger partial charge in [0.1, 0.15) is 11.6 Å². The summed E-state index contributed by atoms with van der Waals surface area (Å²) in [4.78, 5) is 18.9. The van der Waals surface area contributed by atoms with E-state index in [1.54, 1.807) is 0 Å². The van der Waals surface area contributed by atoms with Gasteiger partial charge in [-0.2, -0.15) is 0 Å². The van der Waals surface area contributed by atoms with Crippen molar-refractivity contribution in [1.82, 2.24) is 0 Å². The standard InChI is InChI=1S/4C10H8.2C3H6O.2C3H8.2C2H6.2CH4/c4*1-2-6-10-8-4-3-7-9(10)5-1;2*1-3(2)4;2*1-3-2;2*1-2;;/h4*1-8H;2*1-2H3;2*3H2,1-2H3;2*1-2H3;2*1H4. The van der Waals surface area contributed by atoms with Gasteiger partial charge in [-0.15, -0.1) is 0 Å². The van der Waals surface area contributed by atoms with Gasteiger partial charge in [0.2, 0.25) is 0 Å². The third-order valence-corrected chi connectivity index (χ3v) is 6.63. The Labute approximate surface area is 367 Å². The first kappa shape index (κ1) is 60.8. The molecule has 60 heavy (non-hydrogen) atoms. The Kier molecular flexibility index (Phi) is 43.3. The topological polar surface area (TPSA) is 34.1 Å². The van der Waals surface area contributed by atoms with Crippen LogP contribution in [0.5, 0.6) is 0 Å². The lowest BCUT2D eigenvalue weighted by Crippen LogP contribution is -1.69. The molecule has 0 saturated carbocycles. The van der Waals surface area contributed by atoms with Gasteiger partial charge in [-0.3, -0.25) is 0 Å². The van der Waals surface area contributed by atoms with E-state index in [1.807, 2.05) is 27.7 Å². The fourth-order valence-electron chi connectivity index (χ4n) is 4.53. The number of benzene rings is 8. The summed E-state index contributed by atoms with van der Waals surface area (Å²) >= 11 is 0. The summed E-state index contributed by atoms with van der Waals surface area (Å²) in [7, 11) is 0. The van der Waals surface area contributed by atoms with E-state index in [0.717, 1.165) is 0 Å². The summed E-state index contributed by atoms with van der Waals surface area (Å²) in [6, 6.07) is 66.9. The zero-order chi connectivity index (χ0) is 43.8. The summed E-state index contributed by atoms with van der Waals surface area (Å²) in [6.45, 7) is 22.6. The number of ketones is 2. The molecule has 0 aliphatic heterocycles. The van der Waals surface area contributed by atoms with Crippen LogP contribution in [-0.2, 0) is 9.59 Å². The van der Waals surface area contributed by atoms with E-state index in [1.165, 1.54) is 83.6 Å². The second-order valence-corrected chi connectivity index (χ2v) is 12.6. The molecular formula is C58H80O2. The second kappa shape index (κ2) is 42.7. The first-order valence-electron chi connectivity index (χ1n) is 20.9. The molecule has 2 nitrogen and oxygen atoms in total. The molecule has 324 valence electrons. The minimum absolute atomic E-state index is 0. The van der Waals surface area contributed by atoms with Crippen LogP contribution in [0.4, 0.5) is 0 Å². The molecule has 0 atom stereocenters. The Morgan fingerprint density at radius 1 is 0.267 bits per heavy atom. The largest absolute Gasteiger partial charge is 0.300 e. The lowest BCUT2D eigenvalue weighted by atomic mass is 10.1. The van der Waals surface area contributed by atoms with Crippen molar-refractivity contribution >= 4 is 54.7 Å². The van der Waals surface area contributed by atoms with Crippen molar-refractivity contribution < 1.29 is 9.59 Å². The molecule has 0 bridgehead atoms. The van der Waals surface area contributed by atoms with E-state index < -0.39 is 0 Å². The summed E-state index contributed by atoms with van der Waals surface area (Å²) in [5, 5.41) is 10.5. The molecule has 0 saturated heterocycles. The highest BCUT2D eigenvalue weighted by Crippen LogP contribution is 2.13. The minimum atomic E-state index is 0. The zero-order valence-corrected chi connectivity index (χ0v) is 37.7. The first-order chi connectivity index (χ1) is 28.2. The van der Waals surface area contributed by atoms with Gasteiger partial charge < -0.3 is 9.59 Å². The van der Waals surface area contributed by atoms with Gasteiger partial charge in [0.05, 0.1) is 0 Å². The smallest absolute Gasteiger partial charge is 0.126 e. The highest BCUT2D eigenvalue weighted by Gasteiger charge is 1.88. The van der Waals surface area contributed by atoms with E-state index in [2.05, 4.69) is 222 Å². The van der Waals surface area contributed by atoms with Crippen LogP contribution in [-0.4, -0.2) is 11.6 Å². The van der Waals surface area contributed by atoms with E-state index in [9.17, 15) is 9.59 Å². The maximum absolute atomic E-state index is 9.44. The van der Waals surface area contributed by atoms with Crippen molar-refractivity contribution in [3.05, 3.63) is 194 Å². The molecule has 2 heteroatoms. The van der Waals surface area contributed by atoms with Gasteiger partial charge in [0, 0.05) is 0 Å². The number of rotatable bonds is 0. The highest BCUT2D eigenvalue weighted by molar-refractivity contribution is 5.84. The van der Waals surface area contributed by atoms with Crippen molar-refractivity contribution in [1.29, 1.82) is 0 Å². The molecular weight excluding hydrogens is 729 g/mol. The summed E-state index contributed by atoms with van der Waals surface area (Å²) in [6.07, 6.45) is 2.50. The predicted octanol–water partition coefficient (Wildman–Crippen LogP) is 18.7. The van der Waals surface area contributed by atoms with Crippen LogP contribution < -0.4 is 0 Å². The van der Waals surface area contributed by atoms with Crippen LogP contribution in [0, 0.1) is 0 Å². The second-order valence-electron chi connectivity index (χ2n) is 12.6. The van der Waals surface area contributed by atoms with Crippen LogP contribution in [0.2, 0.25) is 0 Å². The SMILES string of the molecule is C.C.CC.CC.CC(C)=O.CC(C)=O.CCC.CCC.c1ccc2ccccc2c1.c1ccc2ccccc2c1.c1ccc2ccccc2c1.c1ccc2ccccc2c1. The van der Waals surface area contributed by atoms with Gasteiger partial charge in [-0.25, -0.2) is 0 Å². The van der Waals surface area contributed by atoms with E-state index in [4.69, 9.17) is 0 Å². The summed E-state index contributed by atoms with van der Waals surface area (Å²) in [5.74, 6) is 0.333. The predicted molar refractivity (Wildman–Crippen MR) is 277 cm³/mol. The number of hydrogen-bond donors (Lipinski definition) is 0. The van der Waals surface area contributed by atoms with Crippen molar-refractivity contribution in [3.63, 3.8) is 0 Å². The van der Waals surface area contributed by atoms with Crippen LogP contribution in [0.25, 0.3) is 43.1 Å². The number of carbonyl (C=O) groups excluding carboxylic acids is 2. The Morgan fingerprint density at radius 2 is 0.317 bits per heavy atom. The molecule has 0 aliphatic rings. The maximum Gasteiger partial charge on any atom is 0.126 e. The van der Waals surface area contributed by atoms with E-state index >= 15 is 0 Å². The quantitative estimate of drug-likeness (QED) is 0.153. The van der Waals surface area contributed by atoms with Gasteiger partial charge in [0.15, 0.2) is 0 Å². The zero-order valence-electron chi connectivity index (χ0n) is 37.7. The molecule has 8 aromatic carbocycles. The van der Waals surface area contributed by atoms with E-state index in [-0.39, 0.29) is 26.4 Å². The molecule has 0 amide bonds. The normalized spacial score (nSPS) is 8.33. The van der Waals surface area contributed by atoms with Crippen LogP contribution in [0.1, 0.15) is 111 Å². The molecule has 0 spiro atoms. The Bertz CT molecular complexity index is 1590. The monoisotopic (exact) mass is 809 g/mol. The van der Waals surface area contributed by atoms with Crippen molar-refractivity contribution in [2.24, 2.45) is 0 Å². The average Bonchev–Trinajstić information content (AvgIpc) is 3.26. The third-order valence-electron chi connectivity index (χ3n) is 6.63. The lowest BCUT2D eigenvalue weighted by Gasteiger charge is -1.92. The van der Waals surface area contributed by atoms with Crippen LogP contribution in [0.3, 0.4) is 0 Å². The first-order valence-corrected chi connectivity index (χ1v) is 20.9. The van der Waals surface area contributed by atoms with Gasteiger partial charge in [-0.05, 0) is 70.8 Å². The highest BCUT2D eigenvalue weighted by atomic mass is 16.1. The summed E-state index contributed by atoms with van der Waals surface area (Å²) < 4.78 is 0. The van der Waals surface area contributed by atoms with Gasteiger partial charge in [0.25, 0.3) is 0 Å². The minimum Gasteiger partial charge on any atom is -0.300 e. The number of Topliss-reactive ketones (excluding diaryl/α,β-unsaturated/α-hetero) is 2. The number of fused-ring (bicyclic) bond motifs is 4. The molecule has 0 heterocycles. The molecule has 0 unspecified atom stereocenters. The average molecular weight is 809 g/mol. The molecule has 0 N–H and O–H groups in total. The van der Waals surface area contributed by atoms with Gasteiger partial charge >= 0.3 is 0 Å². The van der Waals surface area contributed by atoms with Crippen molar-refractivity contribution in [2.45, 2.75) is 111 Å². The lowest BCUT2D eigenvalue weighted by molar-refractivity contribution is -0.115. The van der Waals surface area contributed by atoms with E-state index in [0.29, 0.717) is 0 Å². The Balaban J connectivity index is -0.000000306. The molecule has 8 rings (SSSR count). The van der Waals surface area contributed by atoms with Crippen molar-refractivity contribution in [3.8, 4) is 0 Å². The van der Waals surface area contributed by atoms with Crippen molar-refractivity contribution in [2.75, 3.05) is 0 Å². The maximum atomic E-state index is 9.44. The molecule has 0 fully saturated rings. The molecule has 0 aliphatic carbocycles. The molecule has 0 radical (unpaired) electrons. The van der Waals surface area contributed by atoms with Gasteiger partial charge in [-0.1, -0.05) is 277 Å². The summed E-state index contributed by atoms with van der Waals surface area (Å²) in [5.41, 5.74) is 0. The Hall–Kier alpha value is -5.86. The molecule has 0 aromatic heterocycles. The number of hydrogen-bond acceptors (Lipinski definition) is 2. The number of carbonyl (C=O) groups is 2. The third kappa shape index (κ3) is 31.2. The molecule has 8 aromatic rings. The van der Waals surface area contributed by atoms with Crippen LogP contribution >= 0.6 is 0 Å². The van der Waals surface area contributed by atoms with Crippen LogP contribution in [0.15, 0.2) is 194 Å². The fraction of sp³-hybridized carbons (Fsp3) is 0.276. The fourth-order valence-corrected chi connectivity index (χ4v) is 4.53.